The molecule has 0 aliphatic carbocycles. The van der Waals surface area contributed by atoms with Crippen molar-refractivity contribution in [2.24, 2.45) is 0 Å². The molecule has 0 aliphatic heterocycles. The van der Waals surface area contributed by atoms with Gasteiger partial charge in [-0.3, -0.25) is 4.79 Å². The Labute approximate surface area is 137 Å². The number of methoxy groups -OCH3 is 2. The quantitative estimate of drug-likeness (QED) is 0.650. The molecule has 2 rings (SSSR count). The first kappa shape index (κ1) is 17.0. The van der Waals surface area contributed by atoms with Crippen LogP contribution in [0.25, 0.3) is 0 Å². The number of hydrogen-bond acceptors (Lipinski definition) is 7. The van der Waals surface area contributed by atoms with Crippen molar-refractivity contribution in [1.82, 2.24) is 0 Å². The van der Waals surface area contributed by atoms with Crippen LogP contribution in [0.2, 0.25) is 0 Å². The third kappa shape index (κ3) is 2.91. The van der Waals surface area contributed by atoms with Gasteiger partial charge in [0.25, 0.3) is 0 Å². The largest absolute Gasteiger partial charge is 0.507 e. The molecule has 0 heterocycles. The Morgan fingerprint density at radius 1 is 0.750 bits per heavy atom. The summed E-state index contributed by atoms with van der Waals surface area (Å²) in [7, 11) is 2.14. The third-order valence-corrected chi connectivity index (χ3v) is 3.36. The standard InChI is InChI=1S/C17H14O7/c1-23-16(21)13-10(7-8-12(19)14(13)17(22)24-2)15(20)9-5-3-4-6-11(9)18/h3-8,18-19H,1-2H3. The van der Waals surface area contributed by atoms with E-state index in [0.29, 0.717) is 0 Å². The second-order valence-corrected chi connectivity index (χ2v) is 4.71. The van der Waals surface area contributed by atoms with Crippen molar-refractivity contribution in [3.63, 3.8) is 0 Å². The summed E-state index contributed by atoms with van der Waals surface area (Å²) in [4.78, 5) is 36.7. The minimum atomic E-state index is -1.00. The summed E-state index contributed by atoms with van der Waals surface area (Å²) in [6.07, 6.45) is 0. The van der Waals surface area contributed by atoms with Crippen LogP contribution in [0.1, 0.15) is 36.6 Å². The number of benzene rings is 2. The lowest BCUT2D eigenvalue weighted by atomic mass is 9.93. The molecule has 2 N–H and O–H groups in total. The van der Waals surface area contributed by atoms with Crippen molar-refractivity contribution in [3.8, 4) is 11.5 Å². The summed E-state index contributed by atoms with van der Waals surface area (Å²) in [5.74, 6) is -3.52. The molecule has 2 aromatic carbocycles. The van der Waals surface area contributed by atoms with Gasteiger partial charge in [0.2, 0.25) is 0 Å². The highest BCUT2D eigenvalue weighted by Crippen LogP contribution is 2.29. The molecular weight excluding hydrogens is 316 g/mol. The number of phenolic OH excluding ortho intramolecular Hbond substituents is 2. The van der Waals surface area contributed by atoms with E-state index in [1.807, 2.05) is 0 Å². The number of phenols is 2. The SMILES string of the molecule is COC(=O)c1c(O)ccc(C(=O)c2ccccc2O)c1C(=O)OC. The van der Waals surface area contributed by atoms with Crippen LogP contribution < -0.4 is 0 Å². The zero-order valence-corrected chi connectivity index (χ0v) is 12.9. The van der Waals surface area contributed by atoms with Crippen LogP contribution in [0.3, 0.4) is 0 Å². The Bertz CT molecular complexity index is 824. The van der Waals surface area contributed by atoms with Gasteiger partial charge in [-0.25, -0.2) is 9.59 Å². The van der Waals surface area contributed by atoms with Crippen LogP contribution in [0, 0.1) is 0 Å². The molecule has 2 aromatic rings. The van der Waals surface area contributed by atoms with Gasteiger partial charge in [-0.15, -0.1) is 0 Å². The predicted molar refractivity (Wildman–Crippen MR) is 82.3 cm³/mol. The number of ketones is 1. The average molecular weight is 330 g/mol. The molecular formula is C17H14O7. The van der Waals surface area contributed by atoms with Crippen LogP contribution in [0.4, 0.5) is 0 Å². The topological polar surface area (TPSA) is 110 Å². The maximum atomic E-state index is 12.7. The maximum Gasteiger partial charge on any atom is 0.342 e. The van der Waals surface area contributed by atoms with E-state index in [-0.39, 0.29) is 16.9 Å². The number of esters is 2. The van der Waals surface area contributed by atoms with Gasteiger partial charge in [0, 0.05) is 5.56 Å². The highest BCUT2D eigenvalue weighted by atomic mass is 16.5. The van der Waals surface area contributed by atoms with Crippen LogP contribution in [-0.4, -0.2) is 42.2 Å². The number of carbonyl (C=O) groups is 3. The lowest BCUT2D eigenvalue weighted by Gasteiger charge is -2.13. The van der Waals surface area contributed by atoms with Gasteiger partial charge in [-0.1, -0.05) is 12.1 Å². The molecule has 0 saturated heterocycles. The highest BCUT2D eigenvalue weighted by molar-refractivity contribution is 6.19. The lowest BCUT2D eigenvalue weighted by Crippen LogP contribution is -2.18. The van der Waals surface area contributed by atoms with E-state index in [4.69, 9.17) is 0 Å². The second-order valence-electron chi connectivity index (χ2n) is 4.71. The minimum Gasteiger partial charge on any atom is -0.507 e. The molecule has 0 aliphatic rings. The molecule has 7 nitrogen and oxygen atoms in total. The van der Waals surface area contributed by atoms with Crippen molar-refractivity contribution in [3.05, 3.63) is 58.7 Å². The molecule has 0 spiro atoms. The summed E-state index contributed by atoms with van der Waals surface area (Å²) < 4.78 is 9.16. The smallest absolute Gasteiger partial charge is 0.342 e. The second kappa shape index (κ2) is 6.82. The number of aromatic hydroxyl groups is 2. The van der Waals surface area contributed by atoms with Crippen molar-refractivity contribution < 1.29 is 34.1 Å². The number of hydrogen-bond donors (Lipinski definition) is 2. The summed E-state index contributed by atoms with van der Waals surface area (Å²) in [6, 6.07) is 8.00. The Balaban J connectivity index is 2.75. The zero-order chi connectivity index (χ0) is 17.9. The molecule has 7 heteroatoms. The molecule has 124 valence electrons. The Kier molecular flexibility index (Phi) is 4.84. The monoisotopic (exact) mass is 330 g/mol. The fourth-order valence-corrected chi connectivity index (χ4v) is 2.21. The average Bonchev–Trinajstić information content (AvgIpc) is 2.59. The van der Waals surface area contributed by atoms with Gasteiger partial charge in [0.05, 0.1) is 25.3 Å². The number of para-hydroxylation sites is 1. The van der Waals surface area contributed by atoms with Crippen LogP contribution in [0.5, 0.6) is 11.5 Å². The molecule has 0 radical (unpaired) electrons. The van der Waals surface area contributed by atoms with Crippen LogP contribution in [0.15, 0.2) is 36.4 Å². The van der Waals surface area contributed by atoms with E-state index in [1.54, 1.807) is 0 Å². The fraction of sp³-hybridized carbons (Fsp3) is 0.118. The Morgan fingerprint density at radius 2 is 1.33 bits per heavy atom. The van der Waals surface area contributed by atoms with Gasteiger partial charge >= 0.3 is 11.9 Å². The molecule has 0 atom stereocenters. The minimum absolute atomic E-state index is 0.0656. The molecule has 0 bridgehead atoms. The number of carbonyl (C=O) groups excluding carboxylic acids is 3. The summed E-state index contributed by atoms with van der Waals surface area (Å²) >= 11 is 0. The van der Waals surface area contributed by atoms with Crippen LogP contribution in [-0.2, 0) is 9.47 Å². The summed E-state index contributed by atoms with van der Waals surface area (Å²) in [5, 5.41) is 19.7. The zero-order valence-electron chi connectivity index (χ0n) is 12.9. The van der Waals surface area contributed by atoms with E-state index in [0.717, 1.165) is 20.3 Å². The summed E-state index contributed by atoms with van der Waals surface area (Å²) in [5.41, 5.74) is -1.19. The van der Waals surface area contributed by atoms with E-state index < -0.39 is 34.6 Å². The first-order chi connectivity index (χ1) is 11.4. The van der Waals surface area contributed by atoms with Gasteiger partial charge in [0.1, 0.15) is 17.1 Å². The first-order valence-corrected chi connectivity index (χ1v) is 6.77. The Hall–Kier alpha value is -3.35. The van der Waals surface area contributed by atoms with E-state index >= 15 is 0 Å². The summed E-state index contributed by atoms with van der Waals surface area (Å²) in [6.45, 7) is 0. The van der Waals surface area contributed by atoms with Gasteiger partial charge in [-0.05, 0) is 24.3 Å². The molecule has 0 fully saturated rings. The molecule has 0 amide bonds. The molecule has 0 saturated carbocycles. The van der Waals surface area contributed by atoms with Crippen molar-refractivity contribution in [1.29, 1.82) is 0 Å². The molecule has 0 aromatic heterocycles. The number of ether oxygens (including phenoxy) is 2. The normalized spacial score (nSPS) is 10.1. The first-order valence-electron chi connectivity index (χ1n) is 6.77. The third-order valence-electron chi connectivity index (χ3n) is 3.36. The highest BCUT2D eigenvalue weighted by Gasteiger charge is 2.29. The fourth-order valence-electron chi connectivity index (χ4n) is 2.21. The Morgan fingerprint density at radius 3 is 1.92 bits per heavy atom. The molecule has 0 unspecified atom stereocenters. The van der Waals surface area contributed by atoms with Crippen molar-refractivity contribution in [2.75, 3.05) is 14.2 Å². The van der Waals surface area contributed by atoms with E-state index in [9.17, 15) is 24.6 Å². The van der Waals surface area contributed by atoms with Gasteiger partial charge in [-0.2, -0.15) is 0 Å². The maximum absolute atomic E-state index is 12.7. The predicted octanol–water partition coefficient (Wildman–Crippen LogP) is 1.90. The van der Waals surface area contributed by atoms with Crippen molar-refractivity contribution >= 4 is 17.7 Å². The number of rotatable bonds is 4. The van der Waals surface area contributed by atoms with E-state index in [2.05, 4.69) is 9.47 Å². The lowest BCUT2D eigenvalue weighted by molar-refractivity contribution is 0.0550. The van der Waals surface area contributed by atoms with Gasteiger partial charge < -0.3 is 19.7 Å². The van der Waals surface area contributed by atoms with Gasteiger partial charge in [0.15, 0.2) is 5.78 Å². The van der Waals surface area contributed by atoms with Crippen molar-refractivity contribution in [2.45, 2.75) is 0 Å². The molecule has 24 heavy (non-hydrogen) atoms. The van der Waals surface area contributed by atoms with Crippen LogP contribution >= 0.6 is 0 Å². The van der Waals surface area contributed by atoms with E-state index in [1.165, 1.54) is 30.3 Å².